The van der Waals surface area contributed by atoms with E-state index in [1.165, 1.54) is 13.0 Å². The van der Waals surface area contributed by atoms with E-state index in [0.717, 1.165) is 10.8 Å². The predicted molar refractivity (Wildman–Crippen MR) is 109 cm³/mol. The summed E-state index contributed by atoms with van der Waals surface area (Å²) in [6.45, 7) is 0.284. The van der Waals surface area contributed by atoms with Crippen molar-refractivity contribution in [3.8, 4) is 0 Å². The quantitative estimate of drug-likeness (QED) is 0.146. The zero-order valence-electron chi connectivity index (χ0n) is 17.8. The van der Waals surface area contributed by atoms with E-state index < -0.39 is 83.2 Å². The smallest absolute Gasteiger partial charge is 0.388 e. The first-order valence-electron chi connectivity index (χ1n) is 9.87. The standard InChI is InChI=1S/C15H25N3O15P2/c1-5-8(19)10(21)12(23)14(30-5)32-35(27,28)33-34(25,26)29-4-6-9(20)11(22)13(31-6)18-3-2-7(16)17-15(18)24/h2-3,5-6,8-14,19-23H,4H2,1H3,(H,25,26)(H,27,28)(H2,16,17,24)/t5-,6+,8+,9+,10+,11+,12-,13+,14+/m0/s1. The molecule has 0 aromatic carbocycles. The summed E-state index contributed by atoms with van der Waals surface area (Å²) in [5, 5.41) is 49.5. The molecule has 0 bridgehead atoms. The second-order valence-corrected chi connectivity index (χ2v) is 10.7. The van der Waals surface area contributed by atoms with Crippen molar-refractivity contribution >= 4 is 21.5 Å². The van der Waals surface area contributed by atoms with E-state index in [1.807, 2.05) is 0 Å². The maximum absolute atomic E-state index is 12.1. The van der Waals surface area contributed by atoms with Gasteiger partial charge in [0.05, 0.1) is 12.7 Å². The predicted octanol–water partition coefficient (Wildman–Crippen LogP) is -3.48. The summed E-state index contributed by atoms with van der Waals surface area (Å²) in [6, 6.07) is 1.22. The number of aromatic nitrogens is 2. The van der Waals surface area contributed by atoms with Crippen LogP contribution in [0.4, 0.5) is 5.82 Å². The fraction of sp³-hybridized carbons (Fsp3) is 0.733. The van der Waals surface area contributed by atoms with Gasteiger partial charge in [-0.05, 0) is 13.0 Å². The Balaban J connectivity index is 1.60. The molecule has 2 unspecified atom stereocenters. The number of phosphoric acid groups is 2. The minimum atomic E-state index is -5.49. The lowest BCUT2D eigenvalue weighted by Gasteiger charge is -2.38. The topological polar surface area (TPSA) is 283 Å². The second-order valence-electron chi connectivity index (χ2n) is 7.69. The third kappa shape index (κ3) is 6.51. The van der Waals surface area contributed by atoms with Gasteiger partial charge in [-0.1, -0.05) is 0 Å². The number of hydrogen-bond acceptors (Lipinski definition) is 15. The maximum Gasteiger partial charge on any atom is 0.483 e. The fourth-order valence-electron chi connectivity index (χ4n) is 3.29. The number of nitrogens with zero attached hydrogens (tertiary/aromatic N) is 2. The summed E-state index contributed by atoms with van der Waals surface area (Å²) >= 11 is 0. The van der Waals surface area contributed by atoms with Gasteiger partial charge in [0.2, 0.25) is 0 Å². The molecule has 35 heavy (non-hydrogen) atoms. The molecule has 0 radical (unpaired) electrons. The van der Waals surface area contributed by atoms with Crippen molar-refractivity contribution in [1.82, 2.24) is 9.55 Å². The number of aliphatic hydroxyl groups is 5. The van der Waals surface area contributed by atoms with Crippen LogP contribution in [0, 0.1) is 0 Å². The first-order valence-corrected chi connectivity index (χ1v) is 12.9. The Morgan fingerprint density at radius 1 is 1.03 bits per heavy atom. The zero-order valence-corrected chi connectivity index (χ0v) is 19.6. The molecule has 2 fully saturated rings. The van der Waals surface area contributed by atoms with Crippen LogP contribution < -0.4 is 11.4 Å². The largest absolute Gasteiger partial charge is 0.483 e. The molecule has 2 saturated heterocycles. The van der Waals surface area contributed by atoms with E-state index in [1.54, 1.807) is 0 Å². The molecule has 9 N–H and O–H groups in total. The van der Waals surface area contributed by atoms with Crippen molar-refractivity contribution < 1.29 is 67.3 Å². The fourth-order valence-corrected chi connectivity index (χ4v) is 5.45. The second kappa shape index (κ2) is 10.6. The van der Waals surface area contributed by atoms with Crippen molar-refractivity contribution in [2.45, 2.75) is 62.2 Å². The molecule has 200 valence electrons. The summed E-state index contributed by atoms with van der Waals surface area (Å²) < 4.78 is 48.4. The van der Waals surface area contributed by atoms with E-state index >= 15 is 0 Å². The lowest BCUT2D eigenvalue weighted by Crippen LogP contribution is -2.57. The minimum Gasteiger partial charge on any atom is -0.388 e. The first kappa shape index (κ1) is 28.2. The molecular weight excluding hydrogens is 524 g/mol. The van der Waals surface area contributed by atoms with E-state index in [-0.39, 0.29) is 5.82 Å². The summed E-state index contributed by atoms with van der Waals surface area (Å²) in [4.78, 5) is 34.9. The number of phosphoric ester groups is 2. The Hall–Kier alpha value is -1.34. The summed E-state index contributed by atoms with van der Waals surface area (Å²) in [7, 11) is -10.9. The van der Waals surface area contributed by atoms with Gasteiger partial charge in [-0.3, -0.25) is 13.6 Å². The van der Waals surface area contributed by atoms with Gasteiger partial charge in [0.1, 0.15) is 42.4 Å². The summed E-state index contributed by atoms with van der Waals surface area (Å²) in [5.74, 6) is -0.112. The molecule has 3 heterocycles. The van der Waals surface area contributed by atoms with Gasteiger partial charge < -0.3 is 50.5 Å². The molecule has 18 nitrogen and oxygen atoms in total. The van der Waals surface area contributed by atoms with Crippen molar-refractivity contribution in [3.05, 3.63) is 22.7 Å². The molecule has 0 saturated carbocycles. The van der Waals surface area contributed by atoms with Crippen LogP contribution in [0.3, 0.4) is 0 Å². The van der Waals surface area contributed by atoms with Gasteiger partial charge in [0.25, 0.3) is 0 Å². The number of nitrogens with two attached hydrogens (primary N) is 1. The van der Waals surface area contributed by atoms with E-state index in [9.17, 15) is 49.2 Å². The molecule has 11 atom stereocenters. The van der Waals surface area contributed by atoms with Crippen LogP contribution in [-0.4, -0.2) is 100 Å². The van der Waals surface area contributed by atoms with Crippen LogP contribution >= 0.6 is 15.6 Å². The molecule has 0 amide bonds. The molecule has 1 aromatic heterocycles. The summed E-state index contributed by atoms with van der Waals surface area (Å²) in [5.41, 5.74) is 4.46. The van der Waals surface area contributed by atoms with Gasteiger partial charge in [-0.25, -0.2) is 13.9 Å². The number of aliphatic hydroxyl groups excluding tert-OH is 5. The van der Waals surface area contributed by atoms with E-state index in [2.05, 4.69) is 18.3 Å². The van der Waals surface area contributed by atoms with Gasteiger partial charge in [0, 0.05) is 6.20 Å². The number of hydrogen-bond donors (Lipinski definition) is 8. The molecule has 1 aromatic rings. The first-order chi connectivity index (χ1) is 16.1. The van der Waals surface area contributed by atoms with Gasteiger partial charge in [-0.15, -0.1) is 0 Å². The Labute approximate surface area is 196 Å². The average Bonchev–Trinajstić information content (AvgIpc) is 3.02. The average molecular weight is 549 g/mol. The van der Waals surface area contributed by atoms with Crippen molar-refractivity contribution in [3.63, 3.8) is 0 Å². The Morgan fingerprint density at radius 2 is 1.69 bits per heavy atom. The highest BCUT2D eigenvalue weighted by Crippen LogP contribution is 2.61. The monoisotopic (exact) mass is 549 g/mol. The SMILES string of the molecule is C[C@@H]1O[C@H](OP(=O)(O)OP(=O)(O)OC[C@H]2O[C@@H](n3ccc(N)nc3=O)[C@H](O)[C@@H]2O)[C@@H](O)[C@H](O)[C@@H]1O. The molecular formula is C15H25N3O15P2. The van der Waals surface area contributed by atoms with Crippen molar-refractivity contribution in [2.24, 2.45) is 0 Å². The Bertz CT molecular complexity index is 1060. The maximum atomic E-state index is 12.1. The number of anilines is 1. The van der Waals surface area contributed by atoms with Crippen LogP contribution in [0.15, 0.2) is 17.1 Å². The molecule has 0 aliphatic carbocycles. The van der Waals surface area contributed by atoms with E-state index in [0.29, 0.717) is 0 Å². The minimum absolute atomic E-state index is 0.112. The number of rotatable bonds is 8. The highest BCUT2D eigenvalue weighted by molar-refractivity contribution is 7.61. The molecule has 20 heteroatoms. The number of nitrogen functional groups attached to an aromatic ring is 1. The molecule has 0 spiro atoms. The Morgan fingerprint density at radius 3 is 2.31 bits per heavy atom. The third-order valence-electron chi connectivity index (χ3n) is 5.12. The van der Waals surface area contributed by atoms with Crippen LogP contribution in [-0.2, 0) is 32.0 Å². The molecule has 3 rings (SSSR count). The van der Waals surface area contributed by atoms with Crippen LogP contribution in [0.1, 0.15) is 13.2 Å². The van der Waals surface area contributed by atoms with Crippen molar-refractivity contribution in [2.75, 3.05) is 12.3 Å². The van der Waals surface area contributed by atoms with Crippen LogP contribution in [0.5, 0.6) is 0 Å². The lowest BCUT2D eigenvalue weighted by molar-refractivity contribution is -0.271. The third-order valence-corrected chi connectivity index (χ3v) is 7.72. The van der Waals surface area contributed by atoms with Gasteiger partial charge in [0.15, 0.2) is 12.5 Å². The van der Waals surface area contributed by atoms with Crippen LogP contribution in [0.2, 0.25) is 0 Å². The van der Waals surface area contributed by atoms with Gasteiger partial charge in [-0.2, -0.15) is 9.29 Å². The highest BCUT2D eigenvalue weighted by atomic mass is 31.3. The number of ether oxygens (including phenoxy) is 2. The highest BCUT2D eigenvalue weighted by Gasteiger charge is 2.49. The van der Waals surface area contributed by atoms with Crippen molar-refractivity contribution in [1.29, 1.82) is 0 Å². The normalized spacial score (nSPS) is 39.1. The zero-order chi connectivity index (χ0) is 26.3. The molecule has 2 aliphatic heterocycles. The lowest BCUT2D eigenvalue weighted by atomic mass is 10.0. The van der Waals surface area contributed by atoms with Gasteiger partial charge >= 0.3 is 21.3 Å². The molecule has 2 aliphatic rings. The van der Waals surface area contributed by atoms with E-state index in [4.69, 9.17) is 15.2 Å². The van der Waals surface area contributed by atoms with Crippen LogP contribution in [0.25, 0.3) is 0 Å². The Kier molecular flexibility index (Phi) is 8.52. The summed E-state index contributed by atoms with van der Waals surface area (Å²) in [6.07, 6.45) is -13.9.